The number of carbonyl (C=O) groups is 1. The van der Waals surface area contributed by atoms with E-state index >= 15 is 4.39 Å². The third kappa shape index (κ3) is 6.84. The maximum absolute atomic E-state index is 15.5. The molecular formula is C27H20F8N4O3S. The van der Waals surface area contributed by atoms with Crippen LogP contribution in [0.5, 0.6) is 0 Å². The number of benzene rings is 3. The van der Waals surface area contributed by atoms with Gasteiger partial charge in [0.25, 0.3) is 10.0 Å². The molecular weight excluding hydrogens is 612 g/mol. The van der Waals surface area contributed by atoms with E-state index in [1.165, 1.54) is 24.4 Å². The molecule has 0 saturated carbocycles. The lowest BCUT2D eigenvalue weighted by Crippen LogP contribution is -2.28. The highest BCUT2D eigenvalue weighted by atomic mass is 32.2. The molecule has 2 N–H and O–H groups in total. The number of hydrogen-bond acceptors (Lipinski definition) is 5. The standard InChI is InChI=1S/C27H20F8N4O3S/c1-25(2,3)23(40)38-24-36-12-14-8-13(4-6-19(14)37-24)21-18(28)5-7-20(22(21)29)39-43(41,42)17-10-15(26(30,31)32)9-16(11-17)27(33,34)35/h4-12,39H,1-3H3,(H,36,37,38,40). The van der Waals surface area contributed by atoms with Crippen molar-refractivity contribution >= 4 is 38.5 Å². The van der Waals surface area contributed by atoms with E-state index in [1.54, 1.807) is 25.5 Å². The van der Waals surface area contributed by atoms with Gasteiger partial charge in [-0.3, -0.25) is 14.8 Å². The average Bonchev–Trinajstić information content (AvgIpc) is 2.88. The Labute approximate surface area is 239 Å². The van der Waals surface area contributed by atoms with Gasteiger partial charge in [0, 0.05) is 17.0 Å². The van der Waals surface area contributed by atoms with Crippen molar-refractivity contribution in [3.8, 4) is 11.1 Å². The van der Waals surface area contributed by atoms with Crippen molar-refractivity contribution in [2.45, 2.75) is 38.0 Å². The first-order chi connectivity index (χ1) is 19.7. The van der Waals surface area contributed by atoms with Gasteiger partial charge in [-0.15, -0.1) is 0 Å². The van der Waals surface area contributed by atoms with E-state index in [2.05, 4.69) is 15.3 Å². The number of amides is 1. The first-order valence-electron chi connectivity index (χ1n) is 12.1. The minimum absolute atomic E-state index is 0.0304. The van der Waals surface area contributed by atoms with Crippen LogP contribution in [0.15, 0.2) is 59.6 Å². The van der Waals surface area contributed by atoms with Crippen LogP contribution in [0, 0.1) is 17.0 Å². The van der Waals surface area contributed by atoms with Crippen molar-refractivity contribution in [1.29, 1.82) is 0 Å². The second-order valence-corrected chi connectivity index (χ2v) is 12.0. The molecule has 1 amide bonds. The van der Waals surface area contributed by atoms with Gasteiger partial charge in [0.1, 0.15) is 5.82 Å². The molecule has 1 aromatic heterocycles. The van der Waals surface area contributed by atoms with Crippen molar-refractivity contribution in [1.82, 2.24) is 9.97 Å². The van der Waals surface area contributed by atoms with Gasteiger partial charge in [0.15, 0.2) is 5.82 Å². The van der Waals surface area contributed by atoms with Crippen LogP contribution in [0.2, 0.25) is 0 Å². The number of halogens is 8. The highest BCUT2D eigenvalue weighted by Gasteiger charge is 2.38. The number of hydrogen-bond donors (Lipinski definition) is 2. The molecule has 1 heterocycles. The van der Waals surface area contributed by atoms with Crippen LogP contribution in [-0.2, 0) is 27.2 Å². The summed E-state index contributed by atoms with van der Waals surface area (Å²) in [5.41, 5.74) is -6.11. The Balaban J connectivity index is 1.72. The Hall–Kier alpha value is -4.34. The van der Waals surface area contributed by atoms with Gasteiger partial charge in [-0.2, -0.15) is 26.3 Å². The van der Waals surface area contributed by atoms with Crippen LogP contribution < -0.4 is 10.0 Å². The zero-order chi connectivity index (χ0) is 32.1. The van der Waals surface area contributed by atoms with Crippen molar-refractivity contribution < 1.29 is 48.3 Å². The first kappa shape index (κ1) is 31.6. The Morgan fingerprint density at radius 3 is 2.00 bits per heavy atom. The number of nitrogens with zero attached hydrogens (tertiary/aromatic N) is 2. The summed E-state index contributed by atoms with van der Waals surface area (Å²) < 4.78 is 137. The van der Waals surface area contributed by atoms with E-state index in [-0.39, 0.29) is 46.5 Å². The second kappa shape index (κ2) is 10.7. The molecule has 0 spiro atoms. The van der Waals surface area contributed by atoms with Crippen LogP contribution in [0.1, 0.15) is 31.9 Å². The fourth-order valence-corrected chi connectivity index (χ4v) is 4.85. The number of nitrogens with one attached hydrogen (secondary N) is 2. The molecule has 0 aliphatic heterocycles. The van der Waals surface area contributed by atoms with E-state index in [1.807, 2.05) is 0 Å². The normalized spacial score (nSPS) is 12.8. The molecule has 0 atom stereocenters. The first-order valence-corrected chi connectivity index (χ1v) is 13.5. The zero-order valence-corrected chi connectivity index (χ0v) is 23.1. The molecule has 4 aromatic rings. The summed E-state index contributed by atoms with van der Waals surface area (Å²) in [6.45, 7) is 5.02. The third-order valence-corrected chi connectivity index (χ3v) is 7.33. The highest BCUT2D eigenvalue weighted by Crippen LogP contribution is 2.38. The fraction of sp³-hybridized carbons (Fsp3) is 0.222. The number of aromatic nitrogens is 2. The number of rotatable bonds is 5. The van der Waals surface area contributed by atoms with Crippen molar-refractivity contribution in [2.75, 3.05) is 10.0 Å². The predicted octanol–water partition coefficient (Wildman–Crippen LogP) is 7.40. The topological polar surface area (TPSA) is 101 Å². The largest absolute Gasteiger partial charge is 0.416 e. The minimum Gasteiger partial charge on any atom is -0.294 e. The number of alkyl halides is 6. The van der Waals surface area contributed by atoms with Crippen LogP contribution in [-0.4, -0.2) is 24.3 Å². The monoisotopic (exact) mass is 632 g/mol. The summed E-state index contributed by atoms with van der Waals surface area (Å²) in [5.74, 6) is -3.06. The Morgan fingerprint density at radius 2 is 1.44 bits per heavy atom. The van der Waals surface area contributed by atoms with E-state index in [0.717, 1.165) is 0 Å². The summed E-state index contributed by atoms with van der Waals surface area (Å²) in [6.07, 6.45) is -9.41. The summed E-state index contributed by atoms with van der Waals surface area (Å²) in [7, 11) is -5.24. The third-order valence-electron chi connectivity index (χ3n) is 5.98. The lowest BCUT2D eigenvalue weighted by Gasteiger charge is -2.17. The van der Waals surface area contributed by atoms with Crippen molar-refractivity contribution in [3.63, 3.8) is 0 Å². The molecule has 228 valence electrons. The van der Waals surface area contributed by atoms with Gasteiger partial charge < -0.3 is 0 Å². The van der Waals surface area contributed by atoms with Gasteiger partial charge in [-0.1, -0.05) is 26.8 Å². The molecule has 0 fully saturated rings. The Kier molecular flexibility index (Phi) is 7.89. The second-order valence-electron chi connectivity index (χ2n) is 10.3. The van der Waals surface area contributed by atoms with Crippen LogP contribution in [0.3, 0.4) is 0 Å². The molecule has 3 aromatic carbocycles. The fourth-order valence-electron chi connectivity index (χ4n) is 3.72. The highest BCUT2D eigenvalue weighted by molar-refractivity contribution is 7.92. The van der Waals surface area contributed by atoms with E-state index < -0.39 is 66.7 Å². The SMILES string of the molecule is CC(C)(C)C(=O)Nc1ncc2cc(-c3c(F)ccc(NS(=O)(=O)c4cc(C(F)(F)F)cc(C(F)(F)F)c4)c3F)ccc2n1. The Morgan fingerprint density at radius 1 is 0.837 bits per heavy atom. The van der Waals surface area contributed by atoms with Gasteiger partial charge in [0.2, 0.25) is 11.9 Å². The predicted molar refractivity (Wildman–Crippen MR) is 140 cm³/mol. The van der Waals surface area contributed by atoms with Gasteiger partial charge >= 0.3 is 12.4 Å². The number of fused-ring (bicyclic) bond motifs is 1. The summed E-state index contributed by atoms with van der Waals surface area (Å²) in [4.78, 5) is 18.9. The summed E-state index contributed by atoms with van der Waals surface area (Å²) in [5, 5.41) is 2.80. The van der Waals surface area contributed by atoms with Crippen LogP contribution >= 0.6 is 0 Å². The van der Waals surface area contributed by atoms with Gasteiger partial charge in [-0.05, 0) is 48.0 Å². The minimum atomic E-state index is -5.33. The molecule has 0 bridgehead atoms. The lowest BCUT2D eigenvalue weighted by molar-refractivity contribution is -0.143. The molecule has 0 unspecified atom stereocenters. The van der Waals surface area contributed by atoms with E-state index in [4.69, 9.17) is 0 Å². The number of anilines is 2. The smallest absolute Gasteiger partial charge is 0.294 e. The van der Waals surface area contributed by atoms with Crippen molar-refractivity contribution in [3.05, 3.63) is 77.5 Å². The van der Waals surface area contributed by atoms with Crippen molar-refractivity contribution in [2.24, 2.45) is 5.41 Å². The lowest BCUT2D eigenvalue weighted by atomic mass is 9.96. The molecule has 43 heavy (non-hydrogen) atoms. The molecule has 0 aliphatic carbocycles. The van der Waals surface area contributed by atoms with Crippen LogP contribution in [0.4, 0.5) is 46.8 Å². The molecule has 0 aliphatic rings. The van der Waals surface area contributed by atoms with Gasteiger partial charge in [-0.25, -0.2) is 27.2 Å². The molecule has 7 nitrogen and oxygen atoms in total. The molecule has 16 heteroatoms. The molecule has 4 rings (SSSR count). The maximum Gasteiger partial charge on any atom is 0.416 e. The quantitative estimate of drug-likeness (QED) is 0.224. The average molecular weight is 633 g/mol. The van der Waals surface area contributed by atoms with E-state index in [0.29, 0.717) is 12.1 Å². The summed E-state index contributed by atoms with van der Waals surface area (Å²) >= 11 is 0. The molecule has 0 saturated heterocycles. The van der Waals surface area contributed by atoms with Crippen LogP contribution in [0.25, 0.3) is 22.0 Å². The molecule has 0 radical (unpaired) electrons. The number of sulfonamides is 1. The Bertz CT molecular complexity index is 1820. The van der Waals surface area contributed by atoms with Gasteiger partial charge in [0.05, 0.1) is 32.8 Å². The number of carbonyl (C=O) groups excluding carboxylic acids is 1. The maximum atomic E-state index is 15.5. The van der Waals surface area contributed by atoms with E-state index in [9.17, 15) is 43.9 Å². The zero-order valence-electron chi connectivity index (χ0n) is 22.2. The summed E-state index contributed by atoms with van der Waals surface area (Å²) in [6, 6.07) is 4.77.